The Hall–Kier alpha value is -1.52. The summed E-state index contributed by atoms with van der Waals surface area (Å²) in [6, 6.07) is 6.83. The van der Waals surface area contributed by atoms with Gasteiger partial charge < -0.3 is 9.47 Å². The number of benzene rings is 1. The predicted octanol–water partition coefficient (Wildman–Crippen LogP) is 0.850. The molecule has 4 nitrogen and oxygen atoms in total. The first-order chi connectivity index (χ1) is 7.77. The molecule has 2 atom stereocenters. The summed E-state index contributed by atoms with van der Waals surface area (Å²) in [5.41, 5.74) is 0.899. The fraction of sp³-hybridized carbons (Fsp3) is 0.333. The molecule has 0 saturated carbocycles. The van der Waals surface area contributed by atoms with Crippen LogP contribution in [0.2, 0.25) is 0 Å². The van der Waals surface area contributed by atoms with E-state index in [1.807, 2.05) is 0 Å². The highest BCUT2D eigenvalue weighted by Gasteiger charge is 2.37. The maximum absolute atomic E-state index is 11.9. The lowest BCUT2D eigenvalue weighted by Crippen LogP contribution is -2.16. The molecule has 2 aliphatic rings. The van der Waals surface area contributed by atoms with Gasteiger partial charge >= 0.3 is 0 Å². The van der Waals surface area contributed by atoms with Crippen LogP contribution in [0.5, 0.6) is 0 Å². The molecular weight excluding hydrogens is 208 g/mol. The first-order valence-corrected chi connectivity index (χ1v) is 5.18. The molecule has 2 saturated heterocycles. The zero-order chi connectivity index (χ0) is 11.1. The third-order valence-corrected chi connectivity index (χ3v) is 2.71. The van der Waals surface area contributed by atoms with Crippen LogP contribution in [0.1, 0.15) is 20.7 Å². The van der Waals surface area contributed by atoms with Crippen molar-refractivity contribution in [1.29, 1.82) is 0 Å². The molecule has 4 heteroatoms. The van der Waals surface area contributed by atoms with Crippen molar-refractivity contribution in [2.24, 2.45) is 0 Å². The number of epoxide rings is 2. The van der Waals surface area contributed by atoms with E-state index in [-0.39, 0.29) is 23.8 Å². The molecule has 0 N–H and O–H groups in total. The van der Waals surface area contributed by atoms with Gasteiger partial charge in [-0.15, -0.1) is 0 Å². The lowest BCUT2D eigenvalue weighted by molar-refractivity contribution is 0.0921. The highest BCUT2D eigenvalue weighted by Crippen LogP contribution is 2.23. The van der Waals surface area contributed by atoms with Crippen LogP contribution in [0.25, 0.3) is 0 Å². The molecule has 0 spiro atoms. The molecule has 2 unspecified atom stereocenters. The van der Waals surface area contributed by atoms with Crippen LogP contribution in [-0.4, -0.2) is 37.0 Å². The Kier molecular flexibility index (Phi) is 2.12. The molecule has 0 amide bonds. The van der Waals surface area contributed by atoms with Crippen LogP contribution < -0.4 is 0 Å². The average Bonchev–Trinajstić information content (AvgIpc) is 3.20. The highest BCUT2D eigenvalue weighted by atomic mass is 16.6. The zero-order valence-corrected chi connectivity index (χ0v) is 8.51. The minimum absolute atomic E-state index is 0.107. The third kappa shape index (κ3) is 1.66. The van der Waals surface area contributed by atoms with Crippen molar-refractivity contribution >= 4 is 11.6 Å². The largest absolute Gasteiger partial charge is 0.364 e. The Morgan fingerprint density at radius 2 is 1.31 bits per heavy atom. The van der Waals surface area contributed by atoms with Gasteiger partial charge in [0.05, 0.1) is 13.2 Å². The molecule has 0 aromatic heterocycles. The zero-order valence-electron chi connectivity index (χ0n) is 8.51. The van der Waals surface area contributed by atoms with Gasteiger partial charge in [-0.3, -0.25) is 9.59 Å². The molecule has 1 aromatic rings. The number of Topliss-reactive ketones (excluding diaryl/α,β-unsaturated/α-hetero) is 2. The number of rotatable bonds is 4. The molecule has 0 bridgehead atoms. The third-order valence-electron chi connectivity index (χ3n) is 2.71. The lowest BCUT2D eigenvalue weighted by Gasteiger charge is -2.04. The second-order valence-electron chi connectivity index (χ2n) is 3.92. The summed E-state index contributed by atoms with van der Waals surface area (Å²) in [5, 5.41) is 0. The maximum atomic E-state index is 11.9. The van der Waals surface area contributed by atoms with Gasteiger partial charge in [0.1, 0.15) is 12.2 Å². The Labute approximate surface area is 92.2 Å². The lowest BCUT2D eigenvalue weighted by atomic mass is 9.97. The molecule has 2 heterocycles. The number of hydrogen-bond donors (Lipinski definition) is 0. The van der Waals surface area contributed by atoms with Crippen LogP contribution in [0, 0.1) is 0 Å². The number of ether oxygens (including phenoxy) is 2. The van der Waals surface area contributed by atoms with Gasteiger partial charge in [0, 0.05) is 11.1 Å². The van der Waals surface area contributed by atoms with Crippen molar-refractivity contribution in [2.45, 2.75) is 12.2 Å². The molecule has 1 aromatic carbocycles. The number of carbonyl (C=O) groups excluding carboxylic acids is 2. The first kappa shape index (κ1) is 9.69. The number of hydrogen-bond acceptors (Lipinski definition) is 4. The summed E-state index contributed by atoms with van der Waals surface area (Å²) in [5.74, 6) is -0.214. The standard InChI is InChI=1S/C12H10O4/c13-11(9-5-15-9)7-3-1-2-4-8(7)12(14)10-6-16-10/h1-4,9-10H,5-6H2. The van der Waals surface area contributed by atoms with Crippen molar-refractivity contribution in [3.05, 3.63) is 35.4 Å². The molecule has 0 radical (unpaired) electrons. The second-order valence-corrected chi connectivity index (χ2v) is 3.92. The van der Waals surface area contributed by atoms with Crippen LogP contribution in [0.3, 0.4) is 0 Å². The topological polar surface area (TPSA) is 59.2 Å². The van der Waals surface area contributed by atoms with Crippen LogP contribution in [-0.2, 0) is 9.47 Å². The summed E-state index contributed by atoms with van der Waals surface area (Å²) < 4.78 is 9.89. The Balaban J connectivity index is 1.96. The molecule has 82 valence electrons. The average molecular weight is 218 g/mol. The quantitative estimate of drug-likeness (QED) is 0.555. The van der Waals surface area contributed by atoms with Crippen molar-refractivity contribution in [2.75, 3.05) is 13.2 Å². The van der Waals surface area contributed by atoms with Crippen molar-refractivity contribution in [1.82, 2.24) is 0 Å². The van der Waals surface area contributed by atoms with Gasteiger partial charge in [0.2, 0.25) is 0 Å². The Morgan fingerprint density at radius 1 is 0.938 bits per heavy atom. The molecule has 0 aliphatic carbocycles. The van der Waals surface area contributed by atoms with Gasteiger partial charge in [-0.05, 0) is 0 Å². The van der Waals surface area contributed by atoms with E-state index < -0.39 is 0 Å². The van der Waals surface area contributed by atoms with Crippen LogP contribution >= 0.6 is 0 Å². The normalized spacial score (nSPS) is 26.2. The molecule has 2 aliphatic heterocycles. The van der Waals surface area contributed by atoms with E-state index in [0.717, 1.165) is 0 Å². The predicted molar refractivity (Wildman–Crippen MR) is 54.6 cm³/mol. The minimum atomic E-state index is -0.353. The fourth-order valence-corrected chi connectivity index (χ4v) is 1.66. The van der Waals surface area contributed by atoms with Gasteiger partial charge in [0.25, 0.3) is 0 Å². The Bertz CT molecular complexity index is 415. The van der Waals surface area contributed by atoms with Gasteiger partial charge in [0.15, 0.2) is 11.6 Å². The monoisotopic (exact) mass is 218 g/mol. The summed E-state index contributed by atoms with van der Waals surface area (Å²) in [6.07, 6.45) is -0.705. The van der Waals surface area contributed by atoms with E-state index in [4.69, 9.17) is 9.47 Å². The van der Waals surface area contributed by atoms with Gasteiger partial charge in [-0.25, -0.2) is 0 Å². The van der Waals surface area contributed by atoms with Crippen molar-refractivity contribution in [3.63, 3.8) is 0 Å². The number of ketones is 2. The van der Waals surface area contributed by atoms with Crippen LogP contribution in [0.4, 0.5) is 0 Å². The first-order valence-electron chi connectivity index (χ1n) is 5.18. The van der Waals surface area contributed by atoms with E-state index in [2.05, 4.69) is 0 Å². The van der Waals surface area contributed by atoms with Gasteiger partial charge in [-0.1, -0.05) is 24.3 Å². The van der Waals surface area contributed by atoms with E-state index in [1.165, 1.54) is 0 Å². The summed E-state index contributed by atoms with van der Waals surface area (Å²) in [4.78, 5) is 23.7. The smallest absolute Gasteiger partial charge is 0.194 e. The summed E-state index contributed by atoms with van der Waals surface area (Å²) >= 11 is 0. The molecule has 2 fully saturated rings. The maximum Gasteiger partial charge on any atom is 0.194 e. The molecule has 16 heavy (non-hydrogen) atoms. The molecule has 3 rings (SSSR count). The SMILES string of the molecule is O=C(c1ccccc1C(=O)C1CO1)C1CO1. The van der Waals surface area contributed by atoms with Crippen LogP contribution in [0.15, 0.2) is 24.3 Å². The Morgan fingerprint density at radius 3 is 1.62 bits per heavy atom. The van der Waals surface area contributed by atoms with Crippen molar-refractivity contribution < 1.29 is 19.1 Å². The second kappa shape index (κ2) is 3.50. The highest BCUT2D eigenvalue weighted by molar-refractivity contribution is 6.12. The van der Waals surface area contributed by atoms with E-state index >= 15 is 0 Å². The van der Waals surface area contributed by atoms with E-state index in [0.29, 0.717) is 24.3 Å². The molecular formula is C12H10O4. The van der Waals surface area contributed by atoms with Crippen molar-refractivity contribution in [3.8, 4) is 0 Å². The number of carbonyl (C=O) groups is 2. The van der Waals surface area contributed by atoms with Gasteiger partial charge in [-0.2, -0.15) is 0 Å². The van der Waals surface area contributed by atoms with E-state index in [9.17, 15) is 9.59 Å². The minimum Gasteiger partial charge on any atom is -0.364 e. The summed E-state index contributed by atoms with van der Waals surface area (Å²) in [7, 11) is 0. The fourth-order valence-electron chi connectivity index (χ4n) is 1.66. The summed E-state index contributed by atoms with van der Waals surface area (Å²) in [6.45, 7) is 0.919. The van der Waals surface area contributed by atoms with E-state index in [1.54, 1.807) is 24.3 Å².